The first-order valence-corrected chi connectivity index (χ1v) is 5.38. The lowest BCUT2D eigenvalue weighted by molar-refractivity contribution is 0.518. The highest BCUT2D eigenvalue weighted by atomic mass is 32.1. The van der Waals surface area contributed by atoms with Crippen molar-refractivity contribution in [1.29, 1.82) is 0 Å². The van der Waals surface area contributed by atoms with Gasteiger partial charge < -0.3 is 16.0 Å². The molecule has 5 heteroatoms. The molecule has 0 spiro atoms. The third kappa shape index (κ3) is 2.64. The molecule has 1 unspecified atom stereocenters. The van der Waals surface area contributed by atoms with Crippen molar-refractivity contribution >= 4 is 23.0 Å². The summed E-state index contributed by atoms with van der Waals surface area (Å²) in [5.41, 5.74) is 6.73. The van der Waals surface area contributed by atoms with E-state index < -0.39 is 0 Å². The van der Waals surface area contributed by atoms with E-state index in [-0.39, 0.29) is 6.04 Å². The number of thiocarbonyl (C=S) groups is 1. The van der Waals surface area contributed by atoms with Gasteiger partial charge >= 0.3 is 0 Å². The molecule has 80 valence electrons. The predicted octanol–water partition coefficient (Wildman–Crippen LogP) is 0.811. The summed E-state index contributed by atoms with van der Waals surface area (Å²) >= 11 is 5.28. The van der Waals surface area contributed by atoms with E-state index in [0.717, 1.165) is 30.3 Å². The second-order valence-corrected chi connectivity index (χ2v) is 4.05. The van der Waals surface area contributed by atoms with E-state index in [0.29, 0.717) is 0 Å². The highest BCUT2D eigenvalue weighted by Gasteiger charge is 2.20. The molecule has 0 radical (unpaired) electrons. The summed E-state index contributed by atoms with van der Waals surface area (Å²) in [7, 11) is 0. The maximum atomic E-state index is 5.81. The van der Waals surface area contributed by atoms with Crippen molar-refractivity contribution in [2.45, 2.75) is 12.5 Å². The van der Waals surface area contributed by atoms with Gasteiger partial charge in [0.15, 0.2) is 5.11 Å². The molecule has 3 N–H and O–H groups in total. The zero-order chi connectivity index (χ0) is 10.7. The van der Waals surface area contributed by atoms with Crippen LogP contribution in [0.2, 0.25) is 0 Å². The van der Waals surface area contributed by atoms with E-state index in [1.54, 1.807) is 12.4 Å². The molecule has 1 aromatic rings. The Kier molecular flexibility index (Phi) is 3.13. The molecule has 0 bridgehead atoms. The Hall–Kier alpha value is -1.20. The highest BCUT2D eigenvalue weighted by molar-refractivity contribution is 7.80. The van der Waals surface area contributed by atoms with Gasteiger partial charge in [0.25, 0.3) is 0 Å². The third-order valence-electron chi connectivity index (χ3n) is 2.42. The predicted molar refractivity (Wildman–Crippen MR) is 64.6 cm³/mol. The number of hydrogen-bond donors (Lipinski definition) is 2. The van der Waals surface area contributed by atoms with Crippen LogP contribution in [0, 0.1) is 0 Å². The Balaban J connectivity index is 1.93. The van der Waals surface area contributed by atoms with E-state index in [1.807, 2.05) is 12.1 Å². The minimum absolute atomic E-state index is 0.249. The van der Waals surface area contributed by atoms with Gasteiger partial charge in [-0.1, -0.05) is 0 Å². The van der Waals surface area contributed by atoms with Crippen LogP contribution in [-0.4, -0.2) is 34.1 Å². The van der Waals surface area contributed by atoms with Gasteiger partial charge in [-0.05, 0) is 30.8 Å². The van der Waals surface area contributed by atoms with E-state index >= 15 is 0 Å². The van der Waals surface area contributed by atoms with Crippen LogP contribution in [-0.2, 0) is 0 Å². The summed E-state index contributed by atoms with van der Waals surface area (Å²) in [6.07, 6.45) is 4.50. The number of likely N-dealkylation sites (tertiary alicyclic amines) is 1. The van der Waals surface area contributed by atoms with Gasteiger partial charge in [-0.15, -0.1) is 0 Å². The highest BCUT2D eigenvalue weighted by Crippen LogP contribution is 2.10. The third-order valence-corrected chi connectivity index (χ3v) is 2.78. The van der Waals surface area contributed by atoms with Crippen LogP contribution in [0.15, 0.2) is 24.5 Å². The van der Waals surface area contributed by atoms with Crippen molar-refractivity contribution in [3.8, 4) is 0 Å². The van der Waals surface area contributed by atoms with Crippen molar-refractivity contribution in [3.05, 3.63) is 24.5 Å². The van der Waals surface area contributed by atoms with E-state index in [2.05, 4.69) is 15.2 Å². The van der Waals surface area contributed by atoms with Crippen molar-refractivity contribution in [3.63, 3.8) is 0 Å². The first kappa shape index (κ1) is 10.3. The maximum absolute atomic E-state index is 5.81. The topological polar surface area (TPSA) is 54.2 Å². The van der Waals surface area contributed by atoms with Gasteiger partial charge in [0.05, 0.1) is 11.9 Å². The summed E-state index contributed by atoms with van der Waals surface area (Å²) in [6.45, 7) is 1.78. The molecule has 2 rings (SSSR count). The van der Waals surface area contributed by atoms with Crippen molar-refractivity contribution < 1.29 is 0 Å². The number of rotatable bonds is 1. The molecule has 1 saturated heterocycles. The zero-order valence-electron chi connectivity index (χ0n) is 8.39. The van der Waals surface area contributed by atoms with E-state index in [1.165, 1.54) is 0 Å². The Morgan fingerprint density at radius 1 is 1.67 bits per heavy atom. The van der Waals surface area contributed by atoms with Crippen molar-refractivity contribution in [1.82, 2.24) is 9.88 Å². The largest absolute Gasteiger partial charge is 0.347 e. The number of aromatic nitrogens is 1. The molecule has 4 nitrogen and oxygen atoms in total. The molecular weight excluding hydrogens is 208 g/mol. The van der Waals surface area contributed by atoms with Gasteiger partial charge in [-0.25, -0.2) is 0 Å². The lowest BCUT2D eigenvalue weighted by Gasteiger charge is -2.19. The van der Waals surface area contributed by atoms with E-state index in [9.17, 15) is 0 Å². The van der Waals surface area contributed by atoms with Gasteiger partial charge in [-0.3, -0.25) is 4.98 Å². The molecule has 1 aliphatic heterocycles. The number of hydrogen-bond acceptors (Lipinski definition) is 3. The number of anilines is 1. The monoisotopic (exact) mass is 222 g/mol. The van der Waals surface area contributed by atoms with Crippen LogP contribution < -0.4 is 11.1 Å². The fourth-order valence-electron chi connectivity index (χ4n) is 1.61. The van der Waals surface area contributed by atoms with Crippen molar-refractivity contribution in [2.75, 3.05) is 18.4 Å². The SMILES string of the molecule is NC1CCN(C(=S)Nc2cccnc2)C1. The quantitative estimate of drug-likeness (QED) is 0.689. The second kappa shape index (κ2) is 4.55. The summed E-state index contributed by atoms with van der Waals surface area (Å²) in [4.78, 5) is 6.10. The minimum Gasteiger partial charge on any atom is -0.347 e. The first-order chi connectivity index (χ1) is 7.25. The molecule has 1 fully saturated rings. The van der Waals surface area contributed by atoms with Crippen LogP contribution in [0.4, 0.5) is 5.69 Å². The lowest BCUT2D eigenvalue weighted by atomic mass is 10.3. The first-order valence-electron chi connectivity index (χ1n) is 4.97. The molecule has 15 heavy (non-hydrogen) atoms. The Morgan fingerprint density at radius 2 is 2.53 bits per heavy atom. The molecular formula is C10H14N4S. The van der Waals surface area contributed by atoms with Crippen LogP contribution in [0.25, 0.3) is 0 Å². The second-order valence-electron chi connectivity index (χ2n) is 3.67. The summed E-state index contributed by atoms with van der Waals surface area (Å²) in [6, 6.07) is 4.06. The fraction of sp³-hybridized carbons (Fsp3) is 0.400. The average Bonchev–Trinajstić information content (AvgIpc) is 2.66. The van der Waals surface area contributed by atoms with Crippen molar-refractivity contribution in [2.24, 2.45) is 5.73 Å². The number of nitrogens with zero attached hydrogens (tertiary/aromatic N) is 2. The summed E-state index contributed by atoms with van der Waals surface area (Å²) in [5.74, 6) is 0. The smallest absolute Gasteiger partial charge is 0.173 e. The normalized spacial score (nSPS) is 20.3. The van der Waals surface area contributed by atoms with Crippen LogP contribution in [0.3, 0.4) is 0 Å². The molecule has 0 amide bonds. The zero-order valence-corrected chi connectivity index (χ0v) is 9.20. The standard InChI is InChI=1S/C10H14N4S/c11-8-3-5-14(7-8)10(15)13-9-2-1-4-12-6-9/h1-2,4,6,8H,3,5,7,11H2,(H,13,15). The van der Waals surface area contributed by atoms with Crippen LogP contribution >= 0.6 is 12.2 Å². The molecule has 1 atom stereocenters. The Morgan fingerprint density at radius 3 is 3.13 bits per heavy atom. The fourth-order valence-corrected chi connectivity index (χ4v) is 1.89. The lowest BCUT2D eigenvalue weighted by Crippen LogP contribution is -2.34. The molecule has 1 aromatic heterocycles. The average molecular weight is 222 g/mol. The summed E-state index contributed by atoms with van der Waals surface area (Å²) < 4.78 is 0. The number of nitrogens with one attached hydrogen (secondary N) is 1. The number of nitrogens with two attached hydrogens (primary N) is 1. The Bertz CT molecular complexity index is 341. The Labute approximate surface area is 94.5 Å². The molecule has 0 aliphatic carbocycles. The maximum Gasteiger partial charge on any atom is 0.173 e. The minimum atomic E-state index is 0.249. The molecule has 2 heterocycles. The van der Waals surface area contributed by atoms with Crippen LogP contribution in [0.1, 0.15) is 6.42 Å². The molecule has 0 saturated carbocycles. The molecule has 0 aromatic carbocycles. The number of pyridine rings is 1. The molecule has 1 aliphatic rings. The van der Waals surface area contributed by atoms with Gasteiger partial charge in [0.2, 0.25) is 0 Å². The van der Waals surface area contributed by atoms with Gasteiger partial charge in [0, 0.05) is 25.3 Å². The van der Waals surface area contributed by atoms with Gasteiger partial charge in [0.1, 0.15) is 0 Å². The summed E-state index contributed by atoms with van der Waals surface area (Å²) in [5, 5.41) is 3.88. The van der Waals surface area contributed by atoms with E-state index in [4.69, 9.17) is 18.0 Å². The van der Waals surface area contributed by atoms with Crippen LogP contribution in [0.5, 0.6) is 0 Å². The van der Waals surface area contributed by atoms with Gasteiger partial charge in [-0.2, -0.15) is 0 Å².